The van der Waals surface area contributed by atoms with Gasteiger partial charge in [-0.25, -0.2) is 4.39 Å². The lowest BCUT2D eigenvalue weighted by Gasteiger charge is -2.24. The van der Waals surface area contributed by atoms with Crippen LogP contribution < -0.4 is 9.64 Å². The first kappa shape index (κ1) is 15.3. The minimum atomic E-state index is -0.707. The number of ether oxygens (including phenoxy) is 1. The average molecular weight is 289 g/mol. The summed E-state index contributed by atoms with van der Waals surface area (Å²) in [6, 6.07) is 13.7. The molecule has 21 heavy (non-hydrogen) atoms. The molecule has 0 aliphatic heterocycles. The first-order valence-electron chi connectivity index (χ1n) is 6.98. The second-order valence-electron chi connectivity index (χ2n) is 4.85. The van der Waals surface area contributed by atoms with E-state index in [0.29, 0.717) is 18.9 Å². The minimum Gasteiger partial charge on any atom is -0.493 e. The molecule has 0 aliphatic rings. The Balaban J connectivity index is 2.12. The third kappa shape index (κ3) is 3.95. The summed E-state index contributed by atoms with van der Waals surface area (Å²) in [6.45, 7) is 2.80. The van der Waals surface area contributed by atoms with Crippen LogP contribution >= 0.6 is 0 Å². The Morgan fingerprint density at radius 1 is 1.19 bits per heavy atom. The topological polar surface area (TPSA) is 32.7 Å². The van der Waals surface area contributed by atoms with Gasteiger partial charge in [0.05, 0.1) is 12.7 Å². The van der Waals surface area contributed by atoms with E-state index in [0.717, 1.165) is 11.3 Å². The second kappa shape index (κ2) is 7.09. The Hall–Kier alpha value is -2.07. The first-order chi connectivity index (χ1) is 10.1. The lowest BCUT2D eigenvalue weighted by molar-refractivity contribution is 0.178. The minimum absolute atomic E-state index is 0.288. The van der Waals surface area contributed by atoms with Crippen molar-refractivity contribution in [3.63, 3.8) is 0 Å². The lowest BCUT2D eigenvalue weighted by Crippen LogP contribution is -2.24. The van der Waals surface area contributed by atoms with Gasteiger partial charge in [0.25, 0.3) is 0 Å². The molecule has 0 aliphatic carbocycles. The van der Waals surface area contributed by atoms with Gasteiger partial charge in [-0.15, -0.1) is 0 Å². The Bertz CT molecular complexity index is 589. The van der Waals surface area contributed by atoms with Crippen LogP contribution in [0.2, 0.25) is 0 Å². The SMILES string of the molecule is CCOc1ccccc1C(O)CN(C)c1cccc(F)c1. The average Bonchev–Trinajstić information content (AvgIpc) is 2.48. The monoisotopic (exact) mass is 289 g/mol. The number of nitrogens with zero attached hydrogens (tertiary/aromatic N) is 1. The van der Waals surface area contributed by atoms with Gasteiger partial charge < -0.3 is 14.7 Å². The summed E-state index contributed by atoms with van der Waals surface area (Å²) in [7, 11) is 1.82. The summed E-state index contributed by atoms with van der Waals surface area (Å²) in [4.78, 5) is 1.82. The van der Waals surface area contributed by atoms with Gasteiger partial charge in [0.2, 0.25) is 0 Å². The van der Waals surface area contributed by atoms with Gasteiger partial charge in [-0.2, -0.15) is 0 Å². The number of anilines is 1. The molecule has 0 bridgehead atoms. The summed E-state index contributed by atoms with van der Waals surface area (Å²) < 4.78 is 18.8. The van der Waals surface area contributed by atoms with Crippen LogP contribution in [0.4, 0.5) is 10.1 Å². The van der Waals surface area contributed by atoms with Crippen LogP contribution in [0, 0.1) is 5.82 Å². The number of aliphatic hydroxyl groups excluding tert-OH is 1. The summed E-state index contributed by atoms with van der Waals surface area (Å²) in [5, 5.41) is 10.4. The molecule has 1 N–H and O–H groups in total. The van der Waals surface area contributed by atoms with Gasteiger partial charge in [-0.1, -0.05) is 24.3 Å². The van der Waals surface area contributed by atoms with E-state index in [1.165, 1.54) is 12.1 Å². The van der Waals surface area contributed by atoms with Crippen LogP contribution in [0.3, 0.4) is 0 Å². The van der Waals surface area contributed by atoms with E-state index < -0.39 is 6.10 Å². The highest BCUT2D eigenvalue weighted by Gasteiger charge is 2.15. The van der Waals surface area contributed by atoms with Crippen molar-refractivity contribution in [3.8, 4) is 5.75 Å². The third-order valence-electron chi connectivity index (χ3n) is 3.27. The molecule has 112 valence electrons. The number of hydrogen-bond acceptors (Lipinski definition) is 3. The number of aliphatic hydroxyl groups is 1. The van der Waals surface area contributed by atoms with Gasteiger partial charge >= 0.3 is 0 Å². The summed E-state index contributed by atoms with van der Waals surface area (Å²) in [6.07, 6.45) is -0.707. The zero-order chi connectivity index (χ0) is 15.2. The van der Waals surface area contributed by atoms with E-state index in [9.17, 15) is 9.50 Å². The molecule has 2 aromatic rings. The van der Waals surface area contributed by atoms with Crippen LogP contribution in [0.25, 0.3) is 0 Å². The van der Waals surface area contributed by atoms with E-state index in [4.69, 9.17) is 4.74 Å². The summed E-state index contributed by atoms with van der Waals surface area (Å²) >= 11 is 0. The van der Waals surface area contributed by atoms with Gasteiger partial charge in [0.1, 0.15) is 11.6 Å². The fraction of sp³-hybridized carbons (Fsp3) is 0.294. The van der Waals surface area contributed by atoms with Crippen LogP contribution in [-0.4, -0.2) is 25.3 Å². The fourth-order valence-corrected chi connectivity index (χ4v) is 2.22. The van der Waals surface area contributed by atoms with E-state index in [1.54, 1.807) is 6.07 Å². The predicted octanol–water partition coefficient (Wildman–Crippen LogP) is 3.39. The summed E-state index contributed by atoms with van der Waals surface area (Å²) in [5.74, 6) is 0.392. The molecule has 0 heterocycles. The molecule has 0 saturated carbocycles. The van der Waals surface area contributed by atoms with Crippen molar-refractivity contribution in [1.82, 2.24) is 0 Å². The molecule has 1 unspecified atom stereocenters. The highest BCUT2D eigenvalue weighted by atomic mass is 19.1. The predicted molar refractivity (Wildman–Crippen MR) is 82.2 cm³/mol. The largest absolute Gasteiger partial charge is 0.493 e. The van der Waals surface area contributed by atoms with Gasteiger partial charge in [-0.3, -0.25) is 0 Å². The van der Waals surface area contributed by atoms with Crippen LogP contribution in [0.5, 0.6) is 5.75 Å². The maximum atomic E-state index is 13.2. The van der Waals surface area contributed by atoms with Gasteiger partial charge in [-0.05, 0) is 31.2 Å². The molecule has 2 aromatic carbocycles. The quantitative estimate of drug-likeness (QED) is 0.884. The molecule has 3 nitrogen and oxygen atoms in total. The van der Waals surface area contributed by atoms with Crippen LogP contribution in [-0.2, 0) is 0 Å². The molecule has 0 radical (unpaired) electrons. The Morgan fingerprint density at radius 3 is 2.67 bits per heavy atom. The lowest BCUT2D eigenvalue weighted by atomic mass is 10.1. The van der Waals surface area contributed by atoms with Crippen molar-refractivity contribution in [2.45, 2.75) is 13.0 Å². The zero-order valence-electron chi connectivity index (χ0n) is 12.3. The molecule has 0 amide bonds. The van der Waals surface area contributed by atoms with Crippen molar-refractivity contribution >= 4 is 5.69 Å². The number of hydrogen-bond donors (Lipinski definition) is 1. The molecular formula is C17H20FNO2. The highest BCUT2D eigenvalue weighted by molar-refractivity contribution is 5.46. The number of halogens is 1. The Labute approximate surface area is 124 Å². The third-order valence-corrected chi connectivity index (χ3v) is 3.27. The van der Waals surface area contributed by atoms with Crippen molar-refractivity contribution in [1.29, 1.82) is 0 Å². The first-order valence-corrected chi connectivity index (χ1v) is 6.98. The van der Waals surface area contributed by atoms with E-state index >= 15 is 0 Å². The van der Waals surface area contributed by atoms with Crippen LogP contribution in [0.1, 0.15) is 18.6 Å². The normalized spacial score (nSPS) is 12.0. The zero-order valence-corrected chi connectivity index (χ0v) is 12.3. The molecule has 1 atom stereocenters. The standard InChI is InChI=1S/C17H20FNO2/c1-3-21-17-10-5-4-9-15(17)16(20)12-19(2)14-8-6-7-13(18)11-14/h4-11,16,20H,3,12H2,1-2H3. The van der Waals surface area contributed by atoms with E-state index in [1.807, 2.05) is 49.2 Å². The number of para-hydroxylation sites is 1. The van der Waals surface area contributed by atoms with E-state index in [-0.39, 0.29) is 5.82 Å². The van der Waals surface area contributed by atoms with Crippen molar-refractivity contribution < 1.29 is 14.2 Å². The maximum absolute atomic E-state index is 13.2. The maximum Gasteiger partial charge on any atom is 0.125 e. The second-order valence-corrected chi connectivity index (χ2v) is 4.85. The number of rotatable bonds is 6. The fourth-order valence-electron chi connectivity index (χ4n) is 2.22. The van der Waals surface area contributed by atoms with Crippen molar-refractivity contribution in [2.24, 2.45) is 0 Å². The van der Waals surface area contributed by atoms with Gasteiger partial charge in [0, 0.05) is 24.8 Å². The number of benzene rings is 2. The smallest absolute Gasteiger partial charge is 0.125 e. The van der Waals surface area contributed by atoms with E-state index in [2.05, 4.69) is 0 Å². The molecule has 0 fully saturated rings. The Morgan fingerprint density at radius 2 is 1.95 bits per heavy atom. The highest BCUT2D eigenvalue weighted by Crippen LogP contribution is 2.26. The van der Waals surface area contributed by atoms with Crippen LogP contribution in [0.15, 0.2) is 48.5 Å². The van der Waals surface area contributed by atoms with Gasteiger partial charge in [0.15, 0.2) is 0 Å². The van der Waals surface area contributed by atoms with Crippen molar-refractivity contribution in [3.05, 3.63) is 59.9 Å². The molecule has 4 heteroatoms. The molecule has 0 saturated heterocycles. The molecule has 0 aromatic heterocycles. The number of likely N-dealkylation sites (N-methyl/N-ethyl adjacent to an activating group) is 1. The molecule has 0 spiro atoms. The summed E-state index contributed by atoms with van der Waals surface area (Å²) in [5.41, 5.74) is 1.46. The molecule has 2 rings (SSSR count). The Kier molecular flexibility index (Phi) is 5.17. The van der Waals surface area contributed by atoms with Crippen molar-refractivity contribution in [2.75, 3.05) is 25.1 Å². The molecular weight excluding hydrogens is 269 g/mol.